The van der Waals surface area contributed by atoms with Gasteiger partial charge in [-0.25, -0.2) is 0 Å². The molecule has 3 atom stereocenters. The zero-order valence-electron chi connectivity index (χ0n) is 12.2. The highest BCUT2D eigenvalue weighted by Gasteiger charge is 2.62. The molecule has 104 valence electrons. The van der Waals surface area contributed by atoms with E-state index in [-0.39, 0.29) is 23.0 Å². The van der Waals surface area contributed by atoms with Crippen molar-refractivity contribution in [1.29, 1.82) is 0 Å². The molecule has 0 unspecified atom stereocenters. The van der Waals surface area contributed by atoms with Crippen LogP contribution in [0.5, 0.6) is 0 Å². The van der Waals surface area contributed by atoms with E-state index in [1.807, 2.05) is 0 Å². The predicted octanol–water partition coefficient (Wildman–Crippen LogP) is 3.27. The molecule has 0 amide bonds. The van der Waals surface area contributed by atoms with Crippen LogP contribution in [0.2, 0.25) is 0 Å². The molecule has 2 rings (SSSR count). The number of hydrogen-bond acceptors (Lipinski definition) is 3. The van der Waals surface area contributed by atoms with Gasteiger partial charge in [0.05, 0.1) is 6.10 Å². The van der Waals surface area contributed by atoms with Crippen molar-refractivity contribution in [2.75, 3.05) is 6.61 Å². The van der Waals surface area contributed by atoms with Crippen molar-refractivity contribution in [1.82, 2.24) is 0 Å². The number of nitrogens with zero attached hydrogens (tertiary/aromatic N) is 1. The Bertz CT molecular complexity index is 364. The first kappa shape index (κ1) is 13.8. The first-order valence-corrected chi connectivity index (χ1v) is 6.87. The second kappa shape index (κ2) is 3.92. The lowest BCUT2D eigenvalue weighted by atomic mass is 9.70. The van der Waals surface area contributed by atoms with Gasteiger partial charge in [0.15, 0.2) is 0 Å². The largest absolute Gasteiger partial charge is 0.370 e. The molecule has 0 N–H and O–H groups in total. The van der Waals surface area contributed by atoms with Crippen LogP contribution >= 0.6 is 0 Å². The third-order valence-corrected chi connectivity index (χ3v) is 5.85. The SMILES string of the molecule is CC(C)(CO[C@H]1C[C@H]2CC[C@@]1(C)C2(C)C)[N+](=O)[O-]. The van der Waals surface area contributed by atoms with Gasteiger partial charge in [0.1, 0.15) is 6.61 Å². The Kier molecular flexibility index (Phi) is 3.01. The number of hydrogen-bond donors (Lipinski definition) is 0. The number of ether oxygens (including phenoxy) is 1. The molecule has 0 heterocycles. The predicted molar refractivity (Wildman–Crippen MR) is 70.0 cm³/mol. The molecule has 0 aliphatic heterocycles. The van der Waals surface area contributed by atoms with E-state index < -0.39 is 5.54 Å². The lowest BCUT2D eigenvalue weighted by Crippen LogP contribution is -2.42. The van der Waals surface area contributed by atoms with Crippen molar-refractivity contribution >= 4 is 0 Å². The minimum Gasteiger partial charge on any atom is -0.370 e. The van der Waals surface area contributed by atoms with Gasteiger partial charge >= 0.3 is 0 Å². The molecule has 0 saturated heterocycles. The zero-order valence-corrected chi connectivity index (χ0v) is 12.2. The van der Waals surface area contributed by atoms with E-state index in [1.54, 1.807) is 13.8 Å². The fourth-order valence-electron chi connectivity index (χ4n) is 3.74. The molecule has 4 nitrogen and oxygen atoms in total. The average molecular weight is 255 g/mol. The van der Waals surface area contributed by atoms with Crippen molar-refractivity contribution in [2.24, 2.45) is 16.7 Å². The third-order valence-electron chi connectivity index (χ3n) is 5.85. The maximum atomic E-state index is 10.9. The Morgan fingerprint density at radius 2 is 2.00 bits per heavy atom. The standard InChI is InChI=1S/C14H25NO3/c1-12(2,15(16)17)9-18-11-8-10-6-7-14(11,5)13(10,3)4/h10-11H,6-9H2,1-5H3/t10-,11+,14-/m1/s1. The van der Waals surface area contributed by atoms with Crippen LogP contribution in [0.1, 0.15) is 53.9 Å². The van der Waals surface area contributed by atoms with Gasteiger partial charge in [-0.3, -0.25) is 10.1 Å². The normalized spacial score (nSPS) is 38.1. The molecule has 2 bridgehead atoms. The molecule has 0 spiro atoms. The Labute approximate surface area is 109 Å². The van der Waals surface area contributed by atoms with Crippen LogP contribution in [-0.2, 0) is 4.74 Å². The Balaban J connectivity index is 2.04. The molecule has 2 aliphatic rings. The summed E-state index contributed by atoms with van der Waals surface area (Å²) in [5.74, 6) is 0.714. The summed E-state index contributed by atoms with van der Waals surface area (Å²) in [6.07, 6.45) is 3.72. The summed E-state index contributed by atoms with van der Waals surface area (Å²) in [4.78, 5) is 10.7. The number of rotatable bonds is 4. The maximum absolute atomic E-state index is 10.9. The van der Waals surface area contributed by atoms with Crippen LogP contribution in [0.25, 0.3) is 0 Å². The molecular weight excluding hydrogens is 230 g/mol. The summed E-state index contributed by atoms with van der Waals surface area (Å²) in [5, 5.41) is 10.9. The summed E-state index contributed by atoms with van der Waals surface area (Å²) in [6.45, 7) is 10.4. The Hall–Kier alpha value is -0.640. The first-order valence-electron chi connectivity index (χ1n) is 6.87. The molecule has 4 heteroatoms. The quantitative estimate of drug-likeness (QED) is 0.572. The van der Waals surface area contributed by atoms with Crippen LogP contribution in [-0.4, -0.2) is 23.2 Å². The Morgan fingerprint density at radius 3 is 2.39 bits per heavy atom. The number of fused-ring (bicyclic) bond motifs is 2. The van der Waals surface area contributed by atoms with Crippen LogP contribution in [0.3, 0.4) is 0 Å². The summed E-state index contributed by atoms with van der Waals surface area (Å²) in [6, 6.07) is 0. The lowest BCUT2D eigenvalue weighted by Gasteiger charge is -2.39. The van der Waals surface area contributed by atoms with Crippen molar-refractivity contribution in [2.45, 2.75) is 65.5 Å². The fourth-order valence-corrected chi connectivity index (χ4v) is 3.74. The van der Waals surface area contributed by atoms with Crippen molar-refractivity contribution in [3.8, 4) is 0 Å². The minimum absolute atomic E-state index is 0.185. The van der Waals surface area contributed by atoms with Gasteiger partial charge in [0, 0.05) is 18.8 Å². The van der Waals surface area contributed by atoms with E-state index in [9.17, 15) is 10.1 Å². The second-order valence-corrected chi connectivity index (χ2v) is 7.48. The zero-order chi connectivity index (χ0) is 13.8. The van der Waals surface area contributed by atoms with E-state index in [2.05, 4.69) is 20.8 Å². The minimum atomic E-state index is -0.984. The average Bonchev–Trinajstić information content (AvgIpc) is 2.58. The van der Waals surface area contributed by atoms with E-state index >= 15 is 0 Å². The van der Waals surface area contributed by atoms with Crippen LogP contribution < -0.4 is 0 Å². The van der Waals surface area contributed by atoms with Crippen molar-refractivity contribution < 1.29 is 9.66 Å². The van der Waals surface area contributed by atoms with Gasteiger partial charge in [-0.2, -0.15) is 0 Å². The second-order valence-electron chi connectivity index (χ2n) is 7.48. The summed E-state index contributed by atoms with van der Waals surface area (Å²) in [7, 11) is 0. The van der Waals surface area contributed by atoms with Crippen molar-refractivity contribution in [3.63, 3.8) is 0 Å². The van der Waals surface area contributed by atoms with Gasteiger partial charge in [-0.05, 0) is 36.0 Å². The molecule has 2 fully saturated rings. The van der Waals surface area contributed by atoms with Crippen LogP contribution in [0.15, 0.2) is 0 Å². The highest BCUT2D eigenvalue weighted by molar-refractivity contribution is 5.11. The van der Waals surface area contributed by atoms with E-state index in [4.69, 9.17) is 4.74 Å². The van der Waals surface area contributed by atoms with Gasteiger partial charge in [-0.1, -0.05) is 20.8 Å². The smallest absolute Gasteiger partial charge is 0.239 e. The summed E-state index contributed by atoms with van der Waals surface area (Å²) in [5.41, 5.74) is -0.497. The van der Waals surface area contributed by atoms with E-state index in [0.717, 1.165) is 6.42 Å². The Morgan fingerprint density at radius 1 is 1.39 bits per heavy atom. The van der Waals surface area contributed by atoms with Crippen LogP contribution in [0, 0.1) is 26.9 Å². The molecule has 2 saturated carbocycles. The van der Waals surface area contributed by atoms with Gasteiger partial charge in [-0.15, -0.1) is 0 Å². The van der Waals surface area contributed by atoms with E-state index in [0.29, 0.717) is 11.3 Å². The summed E-state index contributed by atoms with van der Waals surface area (Å²) >= 11 is 0. The summed E-state index contributed by atoms with van der Waals surface area (Å²) < 4.78 is 5.96. The first-order chi connectivity index (χ1) is 8.11. The molecule has 2 aliphatic carbocycles. The van der Waals surface area contributed by atoms with E-state index in [1.165, 1.54) is 12.8 Å². The molecule has 0 aromatic rings. The van der Waals surface area contributed by atoms with Crippen LogP contribution in [0.4, 0.5) is 0 Å². The van der Waals surface area contributed by atoms with Gasteiger partial charge < -0.3 is 4.74 Å². The van der Waals surface area contributed by atoms with Gasteiger partial charge in [0.25, 0.3) is 0 Å². The number of nitro groups is 1. The fraction of sp³-hybridized carbons (Fsp3) is 1.00. The molecule has 0 aromatic carbocycles. The highest BCUT2D eigenvalue weighted by Crippen LogP contribution is 2.66. The molecular formula is C14H25NO3. The third kappa shape index (κ3) is 1.77. The molecule has 0 radical (unpaired) electrons. The monoisotopic (exact) mass is 255 g/mol. The topological polar surface area (TPSA) is 52.4 Å². The molecule has 0 aromatic heterocycles. The molecule has 18 heavy (non-hydrogen) atoms. The highest BCUT2D eigenvalue weighted by atomic mass is 16.6. The van der Waals surface area contributed by atoms with Crippen molar-refractivity contribution in [3.05, 3.63) is 10.1 Å². The lowest BCUT2D eigenvalue weighted by molar-refractivity contribution is -0.565. The maximum Gasteiger partial charge on any atom is 0.239 e. The van der Waals surface area contributed by atoms with Gasteiger partial charge in [0.2, 0.25) is 5.54 Å².